The van der Waals surface area contributed by atoms with Crippen molar-refractivity contribution in [3.8, 4) is 0 Å². The summed E-state index contributed by atoms with van der Waals surface area (Å²) < 4.78 is 13.7. The molecule has 15 heavy (non-hydrogen) atoms. The summed E-state index contributed by atoms with van der Waals surface area (Å²) in [6.07, 6.45) is 0.908. The number of carbonyl (C=O) groups excluding carboxylic acids is 1. The van der Waals surface area contributed by atoms with Gasteiger partial charge in [-0.2, -0.15) is 0 Å². The zero-order chi connectivity index (χ0) is 11.2. The van der Waals surface area contributed by atoms with Gasteiger partial charge >= 0.3 is 0 Å². The van der Waals surface area contributed by atoms with Crippen LogP contribution in [0.5, 0.6) is 0 Å². The van der Waals surface area contributed by atoms with Gasteiger partial charge in [-0.3, -0.25) is 4.79 Å². The van der Waals surface area contributed by atoms with Crippen LogP contribution in [0.4, 0.5) is 4.39 Å². The number of ketones is 1. The van der Waals surface area contributed by atoms with Crippen molar-refractivity contribution in [1.82, 2.24) is 0 Å². The lowest BCUT2D eigenvalue weighted by molar-refractivity contribution is 0.0957. The lowest BCUT2D eigenvalue weighted by Crippen LogP contribution is -2.08. The van der Waals surface area contributed by atoms with Gasteiger partial charge in [-0.25, -0.2) is 4.39 Å². The molecule has 0 heterocycles. The third-order valence-electron chi connectivity index (χ3n) is 3.12. The fourth-order valence-corrected chi connectivity index (χ4v) is 2.10. The summed E-state index contributed by atoms with van der Waals surface area (Å²) in [5, 5.41) is 0. The molecule has 0 amide bonds. The molecule has 2 unspecified atom stereocenters. The van der Waals surface area contributed by atoms with E-state index in [0.29, 0.717) is 11.5 Å². The second kappa shape index (κ2) is 3.44. The molecule has 1 nitrogen and oxygen atoms in total. The second-order valence-electron chi connectivity index (χ2n) is 4.62. The maximum absolute atomic E-state index is 13.7. The van der Waals surface area contributed by atoms with E-state index in [1.165, 1.54) is 6.07 Å². The Morgan fingerprint density at radius 2 is 2.00 bits per heavy atom. The van der Waals surface area contributed by atoms with Crippen LogP contribution >= 0.6 is 0 Å². The summed E-state index contributed by atoms with van der Waals surface area (Å²) in [4.78, 5) is 11.9. The highest BCUT2D eigenvalue weighted by Crippen LogP contribution is 2.41. The average molecular weight is 206 g/mol. The smallest absolute Gasteiger partial charge is 0.169 e. The molecule has 0 aromatic heterocycles. The zero-order valence-corrected chi connectivity index (χ0v) is 9.30. The van der Waals surface area contributed by atoms with Crippen molar-refractivity contribution in [1.29, 1.82) is 0 Å². The lowest BCUT2D eigenvalue weighted by Gasteiger charge is -2.07. The average Bonchev–Trinajstić information content (AvgIpc) is 2.80. The maximum Gasteiger partial charge on any atom is 0.169 e. The van der Waals surface area contributed by atoms with Crippen LogP contribution < -0.4 is 0 Å². The third-order valence-corrected chi connectivity index (χ3v) is 3.12. The van der Waals surface area contributed by atoms with E-state index >= 15 is 0 Å². The maximum atomic E-state index is 13.7. The Labute approximate surface area is 89.3 Å². The SMILES string of the molecule is Cc1cc(C)c(C(=O)C2CC2C)c(F)c1. The van der Waals surface area contributed by atoms with Gasteiger partial charge in [0.1, 0.15) is 5.82 Å². The van der Waals surface area contributed by atoms with E-state index in [1.807, 2.05) is 19.9 Å². The predicted octanol–water partition coefficient (Wildman–Crippen LogP) is 3.28. The van der Waals surface area contributed by atoms with Gasteiger partial charge in [-0.1, -0.05) is 13.0 Å². The number of benzene rings is 1. The van der Waals surface area contributed by atoms with Crippen molar-refractivity contribution in [2.45, 2.75) is 27.2 Å². The number of carbonyl (C=O) groups is 1. The summed E-state index contributed by atoms with van der Waals surface area (Å²) in [7, 11) is 0. The number of aryl methyl sites for hydroxylation is 2. The quantitative estimate of drug-likeness (QED) is 0.679. The second-order valence-corrected chi connectivity index (χ2v) is 4.62. The zero-order valence-electron chi connectivity index (χ0n) is 9.30. The number of halogens is 1. The van der Waals surface area contributed by atoms with Crippen molar-refractivity contribution in [3.63, 3.8) is 0 Å². The Balaban J connectivity index is 2.39. The predicted molar refractivity (Wildman–Crippen MR) is 57.5 cm³/mol. The summed E-state index contributed by atoms with van der Waals surface area (Å²) in [5.74, 6) is 0.104. The molecule has 1 aliphatic carbocycles. The molecule has 0 saturated heterocycles. The van der Waals surface area contributed by atoms with Gasteiger partial charge in [0.2, 0.25) is 0 Å². The highest BCUT2D eigenvalue weighted by atomic mass is 19.1. The van der Waals surface area contributed by atoms with Crippen LogP contribution in [0.25, 0.3) is 0 Å². The monoisotopic (exact) mass is 206 g/mol. The first-order chi connectivity index (χ1) is 7.00. The molecule has 0 N–H and O–H groups in total. The molecule has 2 heteroatoms. The van der Waals surface area contributed by atoms with Gasteiger partial charge in [0.25, 0.3) is 0 Å². The molecular formula is C13H15FO. The molecule has 0 spiro atoms. The number of hydrogen-bond acceptors (Lipinski definition) is 1. The number of Topliss-reactive ketones (excluding diaryl/α,β-unsaturated/α-hetero) is 1. The van der Waals surface area contributed by atoms with E-state index in [9.17, 15) is 9.18 Å². The van der Waals surface area contributed by atoms with Crippen molar-refractivity contribution in [3.05, 3.63) is 34.6 Å². The van der Waals surface area contributed by atoms with Crippen LogP contribution in [0, 0.1) is 31.5 Å². The van der Waals surface area contributed by atoms with Gasteiger partial charge < -0.3 is 0 Å². The Kier molecular flexibility index (Phi) is 2.37. The molecule has 80 valence electrons. The van der Waals surface area contributed by atoms with Crippen LogP contribution in [0.2, 0.25) is 0 Å². The highest BCUT2D eigenvalue weighted by Gasteiger charge is 2.40. The molecule has 1 aromatic rings. The van der Waals surface area contributed by atoms with Crippen molar-refractivity contribution in [2.24, 2.45) is 11.8 Å². The number of rotatable bonds is 2. The Morgan fingerprint density at radius 1 is 1.40 bits per heavy atom. The Bertz CT molecular complexity index is 400. The first kappa shape index (κ1) is 10.3. The van der Waals surface area contributed by atoms with E-state index in [0.717, 1.165) is 17.5 Å². The van der Waals surface area contributed by atoms with Crippen LogP contribution in [0.3, 0.4) is 0 Å². The van der Waals surface area contributed by atoms with Gasteiger partial charge in [-0.15, -0.1) is 0 Å². The van der Waals surface area contributed by atoms with Crippen molar-refractivity contribution < 1.29 is 9.18 Å². The molecule has 1 fully saturated rings. The minimum absolute atomic E-state index is 0.0162. The Hall–Kier alpha value is -1.18. The van der Waals surface area contributed by atoms with Crippen LogP contribution in [-0.4, -0.2) is 5.78 Å². The molecule has 1 aromatic carbocycles. The molecule has 1 saturated carbocycles. The van der Waals surface area contributed by atoms with Crippen molar-refractivity contribution >= 4 is 5.78 Å². The normalized spacial score (nSPS) is 24.0. The molecular weight excluding hydrogens is 191 g/mol. The minimum atomic E-state index is -0.364. The fourth-order valence-electron chi connectivity index (χ4n) is 2.10. The topological polar surface area (TPSA) is 17.1 Å². The molecule has 1 aliphatic rings. The molecule has 0 radical (unpaired) electrons. The Morgan fingerprint density at radius 3 is 2.47 bits per heavy atom. The van der Waals surface area contributed by atoms with Gasteiger partial charge in [0, 0.05) is 5.92 Å². The van der Waals surface area contributed by atoms with E-state index in [4.69, 9.17) is 0 Å². The van der Waals surface area contributed by atoms with E-state index in [-0.39, 0.29) is 17.5 Å². The molecule has 0 aliphatic heterocycles. The first-order valence-corrected chi connectivity index (χ1v) is 5.31. The third kappa shape index (κ3) is 1.81. The fraction of sp³-hybridized carbons (Fsp3) is 0.462. The molecule has 2 rings (SSSR count). The van der Waals surface area contributed by atoms with E-state index < -0.39 is 0 Å². The first-order valence-electron chi connectivity index (χ1n) is 5.31. The van der Waals surface area contributed by atoms with Gasteiger partial charge in [0.05, 0.1) is 5.56 Å². The largest absolute Gasteiger partial charge is 0.294 e. The van der Waals surface area contributed by atoms with Gasteiger partial charge in [-0.05, 0) is 43.4 Å². The number of hydrogen-bond donors (Lipinski definition) is 0. The minimum Gasteiger partial charge on any atom is -0.294 e. The van der Waals surface area contributed by atoms with Crippen LogP contribution in [0.15, 0.2) is 12.1 Å². The lowest BCUT2D eigenvalue weighted by atomic mass is 9.98. The van der Waals surface area contributed by atoms with Crippen LogP contribution in [0.1, 0.15) is 34.8 Å². The van der Waals surface area contributed by atoms with E-state index in [2.05, 4.69) is 0 Å². The summed E-state index contributed by atoms with van der Waals surface area (Å²) in [5.41, 5.74) is 1.93. The molecule has 0 bridgehead atoms. The van der Waals surface area contributed by atoms with Crippen molar-refractivity contribution in [2.75, 3.05) is 0 Å². The standard InChI is InChI=1S/C13H15FO/c1-7-4-9(3)12(11(14)5-7)13(15)10-6-8(10)2/h4-5,8,10H,6H2,1-3H3. The van der Waals surface area contributed by atoms with Crippen LogP contribution in [-0.2, 0) is 0 Å². The summed E-state index contributed by atoms with van der Waals surface area (Å²) >= 11 is 0. The summed E-state index contributed by atoms with van der Waals surface area (Å²) in [6.45, 7) is 5.67. The highest BCUT2D eigenvalue weighted by molar-refractivity contribution is 6.01. The van der Waals surface area contributed by atoms with Gasteiger partial charge in [0.15, 0.2) is 5.78 Å². The van der Waals surface area contributed by atoms with E-state index in [1.54, 1.807) is 6.92 Å². The summed E-state index contributed by atoms with van der Waals surface area (Å²) in [6, 6.07) is 3.30. The molecule has 2 atom stereocenters.